The molecule has 36 heavy (non-hydrogen) atoms. The Labute approximate surface area is 216 Å². The molecule has 0 spiro atoms. The zero-order chi connectivity index (χ0) is 26.6. The van der Waals surface area contributed by atoms with Gasteiger partial charge in [-0.1, -0.05) is 41.4 Å². The van der Waals surface area contributed by atoms with E-state index >= 15 is 0 Å². The molecule has 190 valence electrons. The topological polar surface area (TPSA) is 147 Å². The van der Waals surface area contributed by atoms with Gasteiger partial charge in [-0.2, -0.15) is 5.10 Å². The van der Waals surface area contributed by atoms with E-state index in [-0.39, 0.29) is 32.7 Å². The van der Waals surface area contributed by atoms with Crippen molar-refractivity contribution in [1.29, 1.82) is 0 Å². The van der Waals surface area contributed by atoms with E-state index < -0.39 is 33.5 Å². The minimum absolute atomic E-state index is 0.0287. The van der Waals surface area contributed by atoms with Crippen LogP contribution < -0.4 is 15.6 Å². The van der Waals surface area contributed by atoms with Crippen LogP contribution >= 0.6 is 23.2 Å². The molecule has 1 atom stereocenters. The molecule has 1 aromatic heterocycles. The third kappa shape index (κ3) is 6.30. The number of aromatic nitrogens is 2. The van der Waals surface area contributed by atoms with E-state index in [1.807, 2.05) is 0 Å². The van der Waals surface area contributed by atoms with Gasteiger partial charge in [-0.05, 0) is 55.7 Å². The summed E-state index contributed by atoms with van der Waals surface area (Å²) in [5, 5.41) is 15.1. The predicted octanol–water partition coefficient (Wildman–Crippen LogP) is 3.28. The Bertz CT molecular complexity index is 1470. The maximum Gasteiger partial charge on any atom is 0.335 e. The molecule has 3 N–H and O–H groups in total. The number of aromatic carboxylic acids is 1. The molecule has 0 aliphatic rings. The molecule has 1 amide bonds. The highest BCUT2D eigenvalue weighted by molar-refractivity contribution is 7.89. The molecule has 3 aromatic rings. The van der Waals surface area contributed by atoms with E-state index in [2.05, 4.69) is 15.1 Å². The number of halogens is 2. The third-order valence-corrected chi connectivity index (χ3v) is 7.65. The van der Waals surface area contributed by atoms with Crippen molar-refractivity contribution in [2.24, 2.45) is 0 Å². The van der Waals surface area contributed by atoms with Crippen LogP contribution in [-0.2, 0) is 21.2 Å². The number of carboxylic acid groups (broad SMARTS) is 1. The highest BCUT2D eigenvalue weighted by atomic mass is 35.5. The van der Waals surface area contributed by atoms with Gasteiger partial charge in [-0.15, -0.1) is 0 Å². The number of carbonyl (C=O) groups is 2. The van der Waals surface area contributed by atoms with Gasteiger partial charge in [0.15, 0.2) is 0 Å². The number of carbonyl (C=O) groups excluding carboxylic acids is 1. The number of nitrogens with one attached hydrogen (secondary N) is 2. The molecule has 0 bridgehead atoms. The normalized spacial score (nSPS) is 12.2. The van der Waals surface area contributed by atoms with Gasteiger partial charge in [-0.25, -0.2) is 22.6 Å². The van der Waals surface area contributed by atoms with Crippen LogP contribution in [0.5, 0.6) is 0 Å². The summed E-state index contributed by atoms with van der Waals surface area (Å²) >= 11 is 11.6. The van der Waals surface area contributed by atoms with Gasteiger partial charge in [-0.3, -0.25) is 9.59 Å². The van der Waals surface area contributed by atoms with Crippen molar-refractivity contribution in [2.75, 3.05) is 11.9 Å². The lowest BCUT2D eigenvalue weighted by Crippen LogP contribution is -2.33. The number of anilines is 1. The first-order chi connectivity index (χ1) is 16.9. The van der Waals surface area contributed by atoms with Gasteiger partial charge >= 0.3 is 5.97 Å². The summed E-state index contributed by atoms with van der Waals surface area (Å²) in [7, 11) is -3.93. The van der Waals surface area contributed by atoms with Gasteiger partial charge in [0.05, 0.1) is 21.7 Å². The summed E-state index contributed by atoms with van der Waals surface area (Å²) < 4.78 is 29.2. The second-order valence-corrected chi connectivity index (χ2v) is 10.4. The Morgan fingerprint density at radius 1 is 1.14 bits per heavy atom. The van der Waals surface area contributed by atoms with Gasteiger partial charge < -0.3 is 10.4 Å². The molecular weight excluding hydrogens is 531 g/mol. The molecule has 3 rings (SSSR count). The number of benzene rings is 2. The first-order valence-electron chi connectivity index (χ1n) is 10.6. The summed E-state index contributed by atoms with van der Waals surface area (Å²) in [6.07, 6.45) is 1.50. The average molecular weight is 553 g/mol. The smallest absolute Gasteiger partial charge is 0.335 e. The van der Waals surface area contributed by atoms with Crippen molar-refractivity contribution in [3.8, 4) is 0 Å². The fourth-order valence-electron chi connectivity index (χ4n) is 3.25. The van der Waals surface area contributed by atoms with E-state index in [9.17, 15) is 22.8 Å². The number of sulfonamides is 1. The largest absolute Gasteiger partial charge is 0.478 e. The molecule has 0 saturated carbocycles. The third-order valence-electron chi connectivity index (χ3n) is 5.30. The lowest BCUT2D eigenvalue weighted by Gasteiger charge is -2.16. The predicted molar refractivity (Wildman–Crippen MR) is 135 cm³/mol. The maximum absolute atomic E-state index is 12.9. The van der Waals surface area contributed by atoms with Crippen LogP contribution in [0.2, 0.25) is 10.0 Å². The zero-order valence-electron chi connectivity index (χ0n) is 19.2. The van der Waals surface area contributed by atoms with E-state index in [0.29, 0.717) is 12.0 Å². The summed E-state index contributed by atoms with van der Waals surface area (Å²) in [5.74, 6) is -1.66. The Balaban J connectivity index is 1.71. The van der Waals surface area contributed by atoms with Gasteiger partial charge in [0, 0.05) is 12.2 Å². The summed E-state index contributed by atoms with van der Waals surface area (Å²) in [4.78, 5) is 35.9. The van der Waals surface area contributed by atoms with Gasteiger partial charge in [0.1, 0.15) is 11.1 Å². The molecule has 0 saturated heterocycles. The van der Waals surface area contributed by atoms with E-state index in [4.69, 9.17) is 28.3 Å². The fraction of sp³-hybridized carbons (Fsp3) is 0.217. The molecule has 0 radical (unpaired) electrons. The number of amides is 1. The summed E-state index contributed by atoms with van der Waals surface area (Å²) in [6.45, 7) is 3.13. The highest BCUT2D eigenvalue weighted by Gasteiger charge is 2.22. The molecular formula is C23H22Cl2N4O6S. The molecule has 2 aromatic carbocycles. The first kappa shape index (κ1) is 27.3. The van der Waals surface area contributed by atoms with E-state index in [1.165, 1.54) is 31.2 Å². The van der Waals surface area contributed by atoms with Crippen LogP contribution in [-0.4, -0.2) is 41.7 Å². The number of nitrogens with zero attached hydrogens (tertiary/aromatic N) is 2. The fourth-order valence-corrected chi connectivity index (χ4v) is 4.81. The quantitative estimate of drug-likeness (QED) is 0.369. The Kier molecular flexibility index (Phi) is 8.51. The number of carboxylic acids is 1. The second-order valence-electron chi connectivity index (χ2n) is 7.85. The molecule has 0 aliphatic heterocycles. The second kappa shape index (κ2) is 11.2. The van der Waals surface area contributed by atoms with Crippen molar-refractivity contribution >= 4 is 50.8 Å². The molecule has 0 fully saturated rings. The SMILES string of the molecule is Cc1ccc(NC(=O)[C@@H](C)n2ncc(Cl)c(Cl)c2=O)cc1S(=O)(=O)NCCc1ccc(C(=O)O)cc1. The first-order valence-corrected chi connectivity index (χ1v) is 12.8. The van der Waals surface area contributed by atoms with Crippen LogP contribution in [0, 0.1) is 6.92 Å². The van der Waals surface area contributed by atoms with Gasteiger partial charge in [0.2, 0.25) is 15.9 Å². The van der Waals surface area contributed by atoms with Crippen molar-refractivity contribution in [3.05, 3.63) is 85.8 Å². The monoisotopic (exact) mass is 552 g/mol. The van der Waals surface area contributed by atoms with Crippen molar-refractivity contribution in [2.45, 2.75) is 31.2 Å². The number of rotatable bonds is 9. The van der Waals surface area contributed by atoms with Crippen LogP contribution in [0.25, 0.3) is 0 Å². The Hall–Kier alpha value is -3.25. The highest BCUT2D eigenvalue weighted by Crippen LogP contribution is 2.22. The molecule has 10 nitrogen and oxygen atoms in total. The molecule has 0 unspecified atom stereocenters. The van der Waals surface area contributed by atoms with Crippen LogP contribution in [0.15, 0.2) is 58.4 Å². The maximum atomic E-state index is 12.9. The van der Waals surface area contributed by atoms with Crippen LogP contribution in [0.1, 0.15) is 34.5 Å². The average Bonchev–Trinajstić information content (AvgIpc) is 2.83. The number of hydrogen-bond acceptors (Lipinski definition) is 6. The number of hydrogen-bond donors (Lipinski definition) is 3. The molecule has 1 heterocycles. The Morgan fingerprint density at radius 2 is 1.81 bits per heavy atom. The van der Waals surface area contributed by atoms with Crippen molar-refractivity contribution < 1.29 is 23.1 Å². The van der Waals surface area contributed by atoms with Crippen molar-refractivity contribution in [1.82, 2.24) is 14.5 Å². The number of aryl methyl sites for hydroxylation is 1. The molecule has 0 aliphatic carbocycles. The summed E-state index contributed by atoms with van der Waals surface area (Å²) in [6, 6.07) is 9.48. The van der Waals surface area contributed by atoms with Crippen LogP contribution in [0.4, 0.5) is 5.69 Å². The lowest BCUT2D eigenvalue weighted by atomic mass is 10.1. The van der Waals surface area contributed by atoms with Crippen molar-refractivity contribution in [3.63, 3.8) is 0 Å². The minimum atomic E-state index is -3.93. The van der Waals surface area contributed by atoms with Crippen LogP contribution in [0.3, 0.4) is 0 Å². The van der Waals surface area contributed by atoms with E-state index in [0.717, 1.165) is 16.4 Å². The van der Waals surface area contributed by atoms with Gasteiger partial charge in [0.25, 0.3) is 5.56 Å². The van der Waals surface area contributed by atoms with E-state index in [1.54, 1.807) is 25.1 Å². The molecule has 13 heteroatoms. The standard InChI is InChI=1S/C23H22Cl2N4O6S/c1-13-3-8-17(28-21(30)14(2)29-22(31)20(25)18(24)12-26-29)11-19(13)36(34,35)27-10-9-15-4-6-16(7-5-15)23(32)33/h3-8,11-12,14,27H,9-10H2,1-2H3,(H,28,30)(H,32,33)/t14-/m1/s1. The Morgan fingerprint density at radius 3 is 2.44 bits per heavy atom. The zero-order valence-corrected chi connectivity index (χ0v) is 21.5. The summed E-state index contributed by atoms with van der Waals surface area (Å²) in [5.41, 5.74) is 0.834. The lowest BCUT2D eigenvalue weighted by molar-refractivity contribution is -0.119. The minimum Gasteiger partial charge on any atom is -0.478 e.